The van der Waals surface area contributed by atoms with E-state index in [0.29, 0.717) is 0 Å². The van der Waals surface area contributed by atoms with Gasteiger partial charge in [0.15, 0.2) is 0 Å². The van der Waals surface area contributed by atoms with Crippen LogP contribution in [0.3, 0.4) is 0 Å². The molecule has 2 heterocycles. The highest BCUT2D eigenvalue weighted by atomic mass is 16.3. The molecule has 0 amide bonds. The third-order valence-corrected chi connectivity index (χ3v) is 21.7. The highest BCUT2D eigenvalue weighted by Gasteiger charge is 2.24. The molecule has 450 valence electrons. The van der Waals surface area contributed by atoms with E-state index >= 15 is 0 Å². The van der Waals surface area contributed by atoms with Gasteiger partial charge in [-0.25, -0.2) is 0 Å². The molecule has 0 saturated carbocycles. The summed E-state index contributed by atoms with van der Waals surface area (Å²) >= 11 is 0. The molecule has 0 aliphatic carbocycles. The van der Waals surface area contributed by atoms with E-state index in [9.17, 15) is 0 Å². The number of fused-ring (bicyclic) bond motifs is 20. The lowest BCUT2D eigenvalue weighted by molar-refractivity contribution is 0.669. The molecule has 20 aromatic carbocycles. The second kappa shape index (κ2) is 20.3. The summed E-state index contributed by atoms with van der Waals surface area (Å²) in [7, 11) is 0. The van der Waals surface area contributed by atoms with Crippen LogP contribution in [0.5, 0.6) is 0 Å². The second-order valence-electron chi connectivity index (χ2n) is 26.8. The first-order valence-corrected chi connectivity index (χ1v) is 33.9. The molecule has 98 heavy (non-hydrogen) atoms. The van der Waals surface area contributed by atoms with Crippen LogP contribution in [0.1, 0.15) is 0 Å². The zero-order valence-corrected chi connectivity index (χ0v) is 53.0. The van der Waals surface area contributed by atoms with E-state index in [1.54, 1.807) is 0 Å². The minimum atomic E-state index is 0.873. The standard InChI is InChI=1S/C96H54O2/c1-2-19-57-53-90-86(47-56(57)18-1)84-50-63(39-43-88(84)97-90)92-72-24-7-11-28-76(72)94(77-29-12-8-25-73(77)92)71-34-16-33-69-70(71)41-38-62-45-58-35-36-61(46-65(58)52-81(62)69)67-32-15-21-60-49-87-85-51-64(40-44-89(85)98-91(87)54-82(60)67)93-74-26-9-13-30-78(74)96(79-31-14-10-27-75(79)93)95-68-23-6-4-20-59(68)48-83-66-22-5-3-17-55(66)37-42-80(83)95/h1-54H. The number of benzene rings is 20. The normalized spacial score (nSPS) is 12.3. The fourth-order valence-corrected chi connectivity index (χ4v) is 17.3. The van der Waals surface area contributed by atoms with Crippen LogP contribution in [-0.4, -0.2) is 0 Å². The Balaban J connectivity index is 0.659. The molecule has 0 N–H and O–H groups in total. The van der Waals surface area contributed by atoms with E-state index in [2.05, 4.69) is 328 Å². The molecule has 0 aliphatic heterocycles. The Morgan fingerprint density at radius 3 is 1.17 bits per heavy atom. The first kappa shape index (κ1) is 53.5. The van der Waals surface area contributed by atoms with Crippen molar-refractivity contribution < 1.29 is 8.83 Å². The number of hydrogen-bond acceptors (Lipinski definition) is 2. The largest absolute Gasteiger partial charge is 0.456 e. The highest BCUT2D eigenvalue weighted by Crippen LogP contribution is 2.52. The van der Waals surface area contributed by atoms with Gasteiger partial charge in [0.1, 0.15) is 22.3 Å². The van der Waals surface area contributed by atoms with Crippen molar-refractivity contribution in [2.45, 2.75) is 0 Å². The lowest BCUT2D eigenvalue weighted by atomic mass is 9.82. The third-order valence-electron chi connectivity index (χ3n) is 21.7. The molecule has 2 heteroatoms. The van der Waals surface area contributed by atoms with Crippen molar-refractivity contribution in [1.29, 1.82) is 0 Å². The topological polar surface area (TPSA) is 26.3 Å². The van der Waals surface area contributed by atoms with E-state index in [1.807, 2.05) is 0 Å². The van der Waals surface area contributed by atoms with Gasteiger partial charge in [0, 0.05) is 21.5 Å². The molecule has 0 bridgehead atoms. The molecule has 0 spiro atoms. The van der Waals surface area contributed by atoms with Crippen LogP contribution >= 0.6 is 0 Å². The van der Waals surface area contributed by atoms with Gasteiger partial charge in [-0.05, 0) is 258 Å². The van der Waals surface area contributed by atoms with Gasteiger partial charge < -0.3 is 8.83 Å². The Morgan fingerprint density at radius 1 is 0.133 bits per heavy atom. The Hall–Kier alpha value is -12.9. The van der Waals surface area contributed by atoms with Crippen molar-refractivity contribution in [1.82, 2.24) is 0 Å². The van der Waals surface area contributed by atoms with Crippen molar-refractivity contribution in [3.8, 4) is 55.6 Å². The molecule has 22 aromatic rings. The fourth-order valence-electron chi connectivity index (χ4n) is 17.3. The lowest BCUT2D eigenvalue weighted by Crippen LogP contribution is -1.93. The first-order chi connectivity index (χ1) is 48.6. The summed E-state index contributed by atoms with van der Waals surface area (Å²) in [5, 5.41) is 33.9. The van der Waals surface area contributed by atoms with Crippen molar-refractivity contribution in [3.05, 3.63) is 328 Å². The van der Waals surface area contributed by atoms with Crippen LogP contribution < -0.4 is 0 Å². The van der Waals surface area contributed by atoms with Crippen LogP contribution in [0.25, 0.3) is 229 Å². The minimum absolute atomic E-state index is 0.873. The monoisotopic (exact) mass is 1240 g/mol. The van der Waals surface area contributed by atoms with Crippen LogP contribution in [0, 0.1) is 0 Å². The molecule has 0 atom stereocenters. The van der Waals surface area contributed by atoms with E-state index in [1.165, 1.54) is 174 Å². The molecular weight excluding hydrogens is 1190 g/mol. The second-order valence-corrected chi connectivity index (χ2v) is 26.8. The SMILES string of the molecule is c1ccc2cc3c(cc2c1)oc1ccc(-c2c4ccccc4c(-c4cccc5c4ccc4cc6ccc(-c7cccc8cc9c(cc78)oc7ccc(-c8c%10ccccc%10c(-c%10c%11ccccc%11cc%11c%10ccc%10ccccc%10%11)c%10ccccc8%10)cc79)cc6cc45)c4ccccc24)cc13. The molecule has 2 nitrogen and oxygen atoms in total. The van der Waals surface area contributed by atoms with Gasteiger partial charge in [-0.3, -0.25) is 0 Å². The number of hydrogen-bond donors (Lipinski definition) is 0. The van der Waals surface area contributed by atoms with Gasteiger partial charge in [-0.2, -0.15) is 0 Å². The molecule has 0 fully saturated rings. The summed E-state index contributed by atoms with van der Waals surface area (Å²) in [5.41, 5.74) is 15.7. The van der Waals surface area contributed by atoms with Crippen LogP contribution in [-0.2, 0) is 0 Å². The quantitative estimate of drug-likeness (QED) is 0.127. The Bertz CT molecular complexity index is 7190. The van der Waals surface area contributed by atoms with Gasteiger partial charge in [0.2, 0.25) is 0 Å². The Kier molecular flexibility index (Phi) is 11.1. The summed E-state index contributed by atoms with van der Waals surface area (Å²) in [6.07, 6.45) is 0. The molecule has 0 saturated heterocycles. The molecular formula is C96H54O2. The zero-order chi connectivity index (χ0) is 63.8. The van der Waals surface area contributed by atoms with E-state index in [-0.39, 0.29) is 0 Å². The molecule has 0 unspecified atom stereocenters. The maximum absolute atomic E-state index is 6.91. The zero-order valence-electron chi connectivity index (χ0n) is 53.0. The third kappa shape index (κ3) is 7.74. The average molecular weight is 1240 g/mol. The van der Waals surface area contributed by atoms with Gasteiger partial charge in [0.05, 0.1) is 0 Å². The van der Waals surface area contributed by atoms with Crippen molar-refractivity contribution in [3.63, 3.8) is 0 Å². The Morgan fingerprint density at radius 2 is 0.520 bits per heavy atom. The molecule has 2 aromatic heterocycles. The van der Waals surface area contributed by atoms with Crippen molar-refractivity contribution >= 4 is 173 Å². The van der Waals surface area contributed by atoms with Crippen LogP contribution in [0.4, 0.5) is 0 Å². The summed E-state index contributed by atoms with van der Waals surface area (Å²) < 4.78 is 13.4. The summed E-state index contributed by atoms with van der Waals surface area (Å²) in [6.45, 7) is 0. The predicted octanol–water partition coefficient (Wildman–Crippen LogP) is 27.7. The first-order valence-electron chi connectivity index (χ1n) is 33.9. The highest BCUT2D eigenvalue weighted by molar-refractivity contribution is 6.31. The van der Waals surface area contributed by atoms with Crippen molar-refractivity contribution in [2.24, 2.45) is 0 Å². The predicted molar refractivity (Wildman–Crippen MR) is 418 cm³/mol. The van der Waals surface area contributed by atoms with Gasteiger partial charge in [-0.1, -0.05) is 255 Å². The van der Waals surface area contributed by atoms with E-state index in [4.69, 9.17) is 8.83 Å². The Labute approximate surface area is 561 Å². The maximum atomic E-state index is 6.91. The van der Waals surface area contributed by atoms with Crippen LogP contribution in [0.2, 0.25) is 0 Å². The minimum Gasteiger partial charge on any atom is -0.456 e. The lowest BCUT2D eigenvalue weighted by Gasteiger charge is -2.21. The fraction of sp³-hybridized carbons (Fsp3) is 0. The van der Waals surface area contributed by atoms with Gasteiger partial charge in [-0.15, -0.1) is 0 Å². The molecule has 22 rings (SSSR count). The van der Waals surface area contributed by atoms with E-state index in [0.717, 1.165) is 54.8 Å². The summed E-state index contributed by atoms with van der Waals surface area (Å²) in [6, 6.07) is 122. The van der Waals surface area contributed by atoms with Gasteiger partial charge in [0.25, 0.3) is 0 Å². The summed E-state index contributed by atoms with van der Waals surface area (Å²) in [4.78, 5) is 0. The summed E-state index contributed by atoms with van der Waals surface area (Å²) in [5.74, 6) is 0. The average Bonchev–Trinajstić information content (AvgIpc) is 0.769. The van der Waals surface area contributed by atoms with Gasteiger partial charge >= 0.3 is 0 Å². The molecule has 0 aliphatic rings. The van der Waals surface area contributed by atoms with Crippen LogP contribution in [0.15, 0.2) is 336 Å². The molecule has 0 radical (unpaired) electrons. The van der Waals surface area contributed by atoms with Crippen molar-refractivity contribution in [2.75, 3.05) is 0 Å². The van der Waals surface area contributed by atoms with E-state index < -0.39 is 0 Å². The maximum Gasteiger partial charge on any atom is 0.136 e. The number of rotatable bonds is 5. The smallest absolute Gasteiger partial charge is 0.136 e. The number of furan rings is 2.